The van der Waals surface area contributed by atoms with E-state index in [1.165, 1.54) is 19.6 Å². The third kappa shape index (κ3) is 7.13. The molecule has 37 heavy (non-hydrogen) atoms. The van der Waals surface area contributed by atoms with Gasteiger partial charge in [0.25, 0.3) is 0 Å². The van der Waals surface area contributed by atoms with E-state index in [9.17, 15) is 9.90 Å². The number of thioether (sulfide) groups is 1. The van der Waals surface area contributed by atoms with Crippen LogP contribution in [0.1, 0.15) is 98.4 Å². The molecular weight excluding hydrogens is 496 g/mol. The number of carbonyl (C=O) groups is 1. The van der Waals surface area contributed by atoms with Crippen molar-refractivity contribution >= 4 is 35.0 Å². The molecule has 0 spiro atoms. The quantitative estimate of drug-likeness (QED) is 0.299. The van der Waals surface area contributed by atoms with Crippen molar-refractivity contribution in [3.05, 3.63) is 78.0 Å². The Hall–Kier alpha value is -1.95. The highest BCUT2D eigenvalue weighted by molar-refractivity contribution is 8.06. The van der Waals surface area contributed by atoms with Crippen LogP contribution in [-0.2, 0) is 15.6 Å². The summed E-state index contributed by atoms with van der Waals surface area (Å²) in [5.74, 6) is -0.0129. The maximum atomic E-state index is 13.2. The standard InChI is InChI=1S/C32H42O2S2.H2O/c1-29(2,3)23-15-19(16-24(35-23)30(4,5)6)13-21-27(33)22(28(21)34)14-20-17-25(31(7,8)9)36-26(18-20)32(10,11)12;/h13-18H,1-12H3;1H2. The number of rotatable bonds is 2. The van der Waals surface area contributed by atoms with E-state index in [-0.39, 0.29) is 38.7 Å². The van der Waals surface area contributed by atoms with Gasteiger partial charge in [0.05, 0.1) is 11.1 Å². The molecule has 0 atom stereocenters. The van der Waals surface area contributed by atoms with Crippen LogP contribution in [0.25, 0.3) is 6.08 Å². The van der Waals surface area contributed by atoms with E-state index in [1.807, 2.05) is 35.3 Å². The second-order valence-electron chi connectivity index (χ2n) is 14.0. The van der Waals surface area contributed by atoms with Crippen molar-refractivity contribution in [2.75, 3.05) is 0 Å². The summed E-state index contributed by atoms with van der Waals surface area (Å²) in [4.78, 5) is 18.2. The predicted octanol–water partition coefficient (Wildman–Crippen LogP) is 9.76. The highest BCUT2D eigenvalue weighted by Gasteiger charge is 2.35. The first kappa shape index (κ1) is 31.3. The van der Waals surface area contributed by atoms with Crippen molar-refractivity contribution in [1.29, 1.82) is 0 Å². The lowest BCUT2D eigenvalue weighted by atomic mass is 9.84. The fraction of sp³-hybridized carbons (Fsp3) is 0.500. The van der Waals surface area contributed by atoms with Crippen LogP contribution in [0.15, 0.2) is 62.6 Å². The van der Waals surface area contributed by atoms with Crippen LogP contribution in [0.2, 0.25) is 0 Å². The Morgan fingerprint density at radius 3 is 1.51 bits per heavy atom. The predicted molar refractivity (Wildman–Crippen MR) is 161 cm³/mol. The summed E-state index contributed by atoms with van der Waals surface area (Å²) in [6.45, 7) is 26.5. The van der Waals surface area contributed by atoms with Crippen LogP contribution in [0.3, 0.4) is 0 Å². The van der Waals surface area contributed by atoms with Crippen LogP contribution < -0.4 is 0 Å². The zero-order valence-electron chi connectivity index (χ0n) is 24.6. The van der Waals surface area contributed by atoms with Gasteiger partial charge in [-0.05, 0) is 56.1 Å². The molecule has 0 radical (unpaired) electrons. The number of carbonyl (C=O) groups excluding carboxylic acids is 1. The number of ketones is 1. The van der Waals surface area contributed by atoms with Crippen LogP contribution in [-0.4, -0.2) is 16.4 Å². The second kappa shape index (κ2) is 10.3. The summed E-state index contributed by atoms with van der Waals surface area (Å²) in [6.07, 6.45) is 8.00. The van der Waals surface area contributed by atoms with Crippen LogP contribution in [0.4, 0.5) is 0 Å². The number of aliphatic hydroxyl groups excluding tert-OH is 1. The van der Waals surface area contributed by atoms with Gasteiger partial charge in [-0.2, -0.15) is 0 Å². The van der Waals surface area contributed by atoms with E-state index >= 15 is 0 Å². The minimum Gasteiger partial charge on any atom is -0.870 e. The van der Waals surface area contributed by atoms with Crippen LogP contribution in [0.5, 0.6) is 0 Å². The Labute approximate surface area is 232 Å². The first-order valence-corrected chi connectivity index (χ1v) is 14.3. The van der Waals surface area contributed by atoms with E-state index in [1.54, 1.807) is 0 Å². The molecule has 202 valence electrons. The second-order valence-corrected chi connectivity index (χ2v) is 16.2. The maximum absolute atomic E-state index is 13.2. The third-order valence-electron chi connectivity index (χ3n) is 6.21. The Morgan fingerprint density at radius 1 is 0.730 bits per heavy atom. The van der Waals surface area contributed by atoms with Gasteiger partial charge >= 0.3 is 0 Å². The van der Waals surface area contributed by atoms with E-state index in [4.69, 9.17) is 0 Å². The lowest BCUT2D eigenvalue weighted by Gasteiger charge is -2.32. The zero-order valence-corrected chi connectivity index (χ0v) is 26.2. The fourth-order valence-corrected chi connectivity index (χ4v) is 6.21. The zero-order chi connectivity index (χ0) is 27.4. The molecule has 3 nitrogen and oxygen atoms in total. The summed E-state index contributed by atoms with van der Waals surface area (Å²) in [5.41, 5.74) is 2.72. The summed E-state index contributed by atoms with van der Waals surface area (Å²) < 4.78 is 0. The average Bonchev–Trinajstić information content (AvgIpc) is 2.72. The van der Waals surface area contributed by atoms with Crippen LogP contribution in [0, 0.1) is 10.8 Å². The molecular formula is C32H44O3S2. The van der Waals surface area contributed by atoms with Gasteiger partial charge in [-0.25, -0.2) is 0 Å². The maximum Gasteiger partial charge on any atom is 0.219 e. The van der Waals surface area contributed by atoms with Crippen molar-refractivity contribution in [2.45, 2.75) is 93.9 Å². The third-order valence-corrected chi connectivity index (χ3v) is 10.0. The van der Waals surface area contributed by atoms with Crippen molar-refractivity contribution in [3.8, 4) is 0 Å². The average molecular weight is 541 g/mol. The van der Waals surface area contributed by atoms with Gasteiger partial charge in [0.1, 0.15) is 5.76 Å². The Balaban J connectivity index is 0.00000481. The summed E-state index contributed by atoms with van der Waals surface area (Å²) >= 11 is 3.64. The van der Waals surface area contributed by atoms with E-state index < -0.39 is 0 Å². The molecule has 2 N–H and O–H groups in total. The van der Waals surface area contributed by atoms with E-state index in [2.05, 4.69) is 107 Å². The molecule has 0 aromatic carbocycles. The first-order valence-electron chi connectivity index (χ1n) is 12.7. The molecule has 0 fully saturated rings. The lowest BCUT2D eigenvalue weighted by molar-refractivity contribution is -0.113. The molecule has 1 aromatic rings. The van der Waals surface area contributed by atoms with Crippen LogP contribution >= 0.6 is 23.1 Å². The highest BCUT2D eigenvalue weighted by atomic mass is 32.2. The molecule has 1 aromatic heterocycles. The Morgan fingerprint density at radius 2 is 1.16 bits per heavy atom. The Bertz CT molecular complexity index is 1180. The van der Waals surface area contributed by atoms with Gasteiger partial charge in [0, 0.05) is 23.0 Å². The summed E-state index contributed by atoms with van der Waals surface area (Å²) in [6, 6.07) is 4.30. The molecule has 0 saturated heterocycles. The number of Topliss-reactive ketones (excluding diaryl/α,β-unsaturated/α-hetero) is 1. The molecule has 1 aliphatic carbocycles. The lowest BCUT2D eigenvalue weighted by Crippen LogP contribution is -2.21. The van der Waals surface area contributed by atoms with Gasteiger partial charge < -0.3 is 10.6 Å². The molecule has 5 heteroatoms. The molecule has 0 saturated carbocycles. The van der Waals surface area contributed by atoms with Gasteiger partial charge in [-0.3, -0.25) is 4.79 Å². The molecule has 3 rings (SSSR count). The number of allylic oxidation sites excluding steroid dienone is 8. The molecule has 2 aliphatic rings. The van der Waals surface area contributed by atoms with E-state index in [0.29, 0.717) is 11.1 Å². The van der Waals surface area contributed by atoms with Gasteiger partial charge in [-0.1, -0.05) is 94.8 Å². The van der Waals surface area contributed by atoms with Crippen molar-refractivity contribution in [2.24, 2.45) is 10.8 Å². The molecule has 0 unspecified atom stereocenters. The van der Waals surface area contributed by atoms with Gasteiger partial charge in [0.15, 0.2) is 0 Å². The molecule has 0 bridgehead atoms. The minimum absolute atomic E-state index is 0. The smallest absolute Gasteiger partial charge is 0.219 e. The first-order chi connectivity index (χ1) is 16.2. The van der Waals surface area contributed by atoms with Gasteiger partial charge in [-0.15, -0.1) is 0 Å². The topological polar surface area (TPSA) is 67.3 Å². The highest BCUT2D eigenvalue weighted by Crippen LogP contribution is 2.49. The monoisotopic (exact) mass is 540 g/mol. The Kier molecular flexibility index (Phi) is 8.72. The van der Waals surface area contributed by atoms with Crippen molar-refractivity contribution < 1.29 is 15.4 Å². The summed E-state index contributed by atoms with van der Waals surface area (Å²) in [5, 5.41) is 10.9. The van der Waals surface area contributed by atoms with Crippen molar-refractivity contribution in [1.82, 2.24) is 0 Å². The molecule has 1 aliphatic heterocycles. The number of hydrogen-bond acceptors (Lipinski definition) is 4. The summed E-state index contributed by atoms with van der Waals surface area (Å²) in [7, 11) is 0. The number of hydrogen-bond donors (Lipinski definition) is 1. The van der Waals surface area contributed by atoms with Gasteiger partial charge in [0.2, 0.25) is 26.9 Å². The minimum atomic E-state index is -0.100. The molecule has 2 heterocycles. The normalized spacial score (nSPS) is 18.3. The number of aliphatic hydroxyl groups is 1. The van der Waals surface area contributed by atoms with E-state index in [0.717, 1.165) is 11.1 Å². The molecule has 0 amide bonds. The fourth-order valence-electron chi connectivity index (χ4n) is 3.73. The largest absolute Gasteiger partial charge is 0.870 e. The SMILES string of the molecule is CC(C)(C)C1=CC(=CC2=C(O)C(=Cc3cc(C(C)(C)C)[s+]c(C(C)(C)C)c3)C2=O)C=C(C(C)(C)C)S1.[OH-]. The van der Waals surface area contributed by atoms with Crippen molar-refractivity contribution in [3.63, 3.8) is 0 Å².